The van der Waals surface area contributed by atoms with Gasteiger partial charge in [-0.25, -0.2) is 4.79 Å². The third-order valence-electron chi connectivity index (χ3n) is 4.91. The van der Waals surface area contributed by atoms with Crippen molar-refractivity contribution in [2.24, 2.45) is 5.16 Å². The van der Waals surface area contributed by atoms with Crippen molar-refractivity contribution in [1.82, 2.24) is 4.90 Å². The minimum absolute atomic E-state index is 0.0617. The van der Waals surface area contributed by atoms with Gasteiger partial charge in [-0.2, -0.15) is 0 Å². The maximum Gasteiger partial charge on any atom is 0.355 e. The molecule has 1 atom stereocenters. The molecule has 1 aromatic rings. The number of ether oxygens (including phenoxy) is 2. The summed E-state index contributed by atoms with van der Waals surface area (Å²) in [7, 11) is 3.12. The van der Waals surface area contributed by atoms with Crippen LogP contribution in [0.4, 0.5) is 0 Å². The molecule has 1 unspecified atom stereocenters. The van der Waals surface area contributed by atoms with Crippen LogP contribution in [0, 0.1) is 0 Å². The van der Waals surface area contributed by atoms with Gasteiger partial charge in [0.25, 0.3) is 0 Å². The molecular formula is C18H24N2O4. The lowest BCUT2D eigenvalue weighted by molar-refractivity contribution is -0.132. The van der Waals surface area contributed by atoms with E-state index in [4.69, 9.17) is 14.3 Å². The third kappa shape index (κ3) is 3.60. The van der Waals surface area contributed by atoms with E-state index in [2.05, 4.69) is 22.2 Å². The highest BCUT2D eigenvalue weighted by Crippen LogP contribution is 2.35. The van der Waals surface area contributed by atoms with E-state index in [0.29, 0.717) is 12.1 Å². The fraction of sp³-hybridized carbons (Fsp3) is 0.556. The normalized spacial score (nSPS) is 21.2. The molecule has 1 saturated heterocycles. The van der Waals surface area contributed by atoms with Crippen LogP contribution in [-0.2, 0) is 19.1 Å². The lowest BCUT2D eigenvalue weighted by atomic mass is 9.86. The molecule has 0 amide bonds. The molecule has 3 rings (SSSR count). The van der Waals surface area contributed by atoms with Crippen molar-refractivity contribution >= 4 is 11.7 Å². The molecule has 24 heavy (non-hydrogen) atoms. The number of rotatable bonds is 5. The summed E-state index contributed by atoms with van der Waals surface area (Å²) in [5.74, 6) is -0.391. The van der Waals surface area contributed by atoms with Gasteiger partial charge in [-0.05, 0) is 5.56 Å². The fourth-order valence-corrected chi connectivity index (χ4v) is 3.38. The number of hydrogen-bond acceptors (Lipinski definition) is 6. The van der Waals surface area contributed by atoms with Crippen LogP contribution < -0.4 is 0 Å². The van der Waals surface area contributed by atoms with E-state index in [0.717, 1.165) is 32.5 Å². The Balaban J connectivity index is 1.53. The monoisotopic (exact) mass is 332 g/mol. The number of carbonyl (C=O) groups is 1. The Labute approximate surface area is 142 Å². The summed E-state index contributed by atoms with van der Waals surface area (Å²) in [4.78, 5) is 19.6. The van der Waals surface area contributed by atoms with Gasteiger partial charge in [0, 0.05) is 46.0 Å². The molecule has 0 aliphatic carbocycles. The molecule has 2 aliphatic rings. The predicted molar refractivity (Wildman–Crippen MR) is 89.8 cm³/mol. The quantitative estimate of drug-likeness (QED) is 0.773. The van der Waals surface area contributed by atoms with Crippen LogP contribution in [0.25, 0.3) is 0 Å². The number of nitrogens with zero attached hydrogens (tertiary/aromatic N) is 2. The van der Waals surface area contributed by atoms with Crippen LogP contribution in [0.2, 0.25) is 0 Å². The number of hydrogen-bond donors (Lipinski definition) is 0. The standard InChI is InChI=1S/C18H24N2O4/c1-22-16(14-6-4-3-5-7-14)13-20-10-8-18(9-11-20)12-15(19-24-18)17(21)23-2/h3-7,16H,8-13H2,1-2H3. The summed E-state index contributed by atoms with van der Waals surface area (Å²) >= 11 is 0. The zero-order valence-corrected chi connectivity index (χ0v) is 14.2. The number of benzene rings is 1. The Morgan fingerprint density at radius 2 is 2.00 bits per heavy atom. The fourth-order valence-electron chi connectivity index (χ4n) is 3.38. The molecule has 1 aromatic carbocycles. The van der Waals surface area contributed by atoms with Gasteiger partial charge >= 0.3 is 5.97 Å². The first kappa shape index (κ1) is 16.9. The Hall–Kier alpha value is -1.92. The topological polar surface area (TPSA) is 60.4 Å². The number of piperidine rings is 1. The molecule has 130 valence electrons. The molecular weight excluding hydrogens is 308 g/mol. The van der Waals surface area contributed by atoms with Gasteiger partial charge in [-0.1, -0.05) is 35.5 Å². The van der Waals surface area contributed by atoms with Gasteiger partial charge in [0.1, 0.15) is 5.60 Å². The molecule has 1 spiro atoms. The first-order valence-corrected chi connectivity index (χ1v) is 8.29. The van der Waals surface area contributed by atoms with E-state index in [1.54, 1.807) is 7.11 Å². The van der Waals surface area contributed by atoms with Crippen LogP contribution in [0.15, 0.2) is 35.5 Å². The molecule has 1 fully saturated rings. The number of likely N-dealkylation sites (tertiary alicyclic amines) is 1. The Morgan fingerprint density at radius 1 is 1.29 bits per heavy atom. The third-order valence-corrected chi connectivity index (χ3v) is 4.91. The molecule has 6 heteroatoms. The van der Waals surface area contributed by atoms with Crippen LogP contribution >= 0.6 is 0 Å². The van der Waals surface area contributed by atoms with Gasteiger partial charge in [0.2, 0.25) is 0 Å². The number of methoxy groups -OCH3 is 2. The highest BCUT2D eigenvalue weighted by Gasteiger charge is 2.44. The second-order valence-electron chi connectivity index (χ2n) is 6.42. The van der Waals surface area contributed by atoms with Crippen LogP contribution in [0.1, 0.15) is 30.9 Å². The smallest absolute Gasteiger partial charge is 0.355 e. The van der Waals surface area contributed by atoms with Gasteiger partial charge in [-0.3, -0.25) is 0 Å². The minimum Gasteiger partial charge on any atom is -0.464 e. The molecule has 0 N–H and O–H groups in total. The van der Waals surface area contributed by atoms with Gasteiger partial charge in [0.05, 0.1) is 13.2 Å². The van der Waals surface area contributed by atoms with Crippen molar-refractivity contribution in [1.29, 1.82) is 0 Å². The highest BCUT2D eigenvalue weighted by molar-refractivity contribution is 6.36. The molecule has 0 saturated carbocycles. The number of oxime groups is 1. The summed E-state index contributed by atoms with van der Waals surface area (Å²) in [6.45, 7) is 2.65. The molecule has 0 bridgehead atoms. The first-order valence-electron chi connectivity index (χ1n) is 8.29. The van der Waals surface area contributed by atoms with E-state index in [1.165, 1.54) is 12.7 Å². The number of carbonyl (C=O) groups excluding carboxylic acids is 1. The maximum absolute atomic E-state index is 11.6. The SMILES string of the molecule is COC(=O)C1=NOC2(CCN(CC(OC)c3ccccc3)CC2)C1. The van der Waals surface area contributed by atoms with E-state index < -0.39 is 5.97 Å². The van der Waals surface area contributed by atoms with E-state index in [-0.39, 0.29) is 11.7 Å². The van der Waals surface area contributed by atoms with Gasteiger partial charge in [-0.15, -0.1) is 0 Å². The van der Waals surface area contributed by atoms with Crippen LogP contribution in [-0.4, -0.2) is 56.0 Å². The Kier molecular flexibility index (Phi) is 5.16. The molecule has 2 heterocycles. The Morgan fingerprint density at radius 3 is 2.62 bits per heavy atom. The van der Waals surface area contributed by atoms with E-state index in [9.17, 15) is 4.79 Å². The van der Waals surface area contributed by atoms with Crippen molar-refractivity contribution in [3.8, 4) is 0 Å². The van der Waals surface area contributed by atoms with Gasteiger partial charge < -0.3 is 19.2 Å². The second kappa shape index (κ2) is 7.32. The average Bonchev–Trinajstić information content (AvgIpc) is 3.05. The average molecular weight is 332 g/mol. The van der Waals surface area contributed by atoms with Crippen molar-refractivity contribution in [3.05, 3.63) is 35.9 Å². The summed E-state index contributed by atoms with van der Waals surface area (Å²) in [5, 5.41) is 3.93. The summed E-state index contributed by atoms with van der Waals surface area (Å²) in [5.41, 5.74) is 1.24. The summed E-state index contributed by atoms with van der Waals surface area (Å²) in [6.07, 6.45) is 2.30. The zero-order valence-electron chi connectivity index (χ0n) is 14.2. The molecule has 6 nitrogen and oxygen atoms in total. The van der Waals surface area contributed by atoms with E-state index in [1.807, 2.05) is 18.2 Å². The van der Waals surface area contributed by atoms with Crippen LogP contribution in [0.3, 0.4) is 0 Å². The Bertz CT molecular complexity index is 594. The van der Waals surface area contributed by atoms with Crippen molar-refractivity contribution in [2.45, 2.75) is 31.0 Å². The van der Waals surface area contributed by atoms with Crippen molar-refractivity contribution in [2.75, 3.05) is 33.9 Å². The highest BCUT2D eigenvalue weighted by atomic mass is 16.7. The lowest BCUT2D eigenvalue weighted by Gasteiger charge is -2.38. The van der Waals surface area contributed by atoms with E-state index >= 15 is 0 Å². The largest absolute Gasteiger partial charge is 0.464 e. The summed E-state index contributed by atoms with van der Waals surface area (Å²) in [6, 6.07) is 10.3. The zero-order chi connectivity index (χ0) is 17.0. The number of esters is 1. The van der Waals surface area contributed by atoms with Crippen molar-refractivity contribution < 1.29 is 19.1 Å². The van der Waals surface area contributed by atoms with Crippen LogP contribution in [0.5, 0.6) is 0 Å². The first-order chi connectivity index (χ1) is 11.7. The van der Waals surface area contributed by atoms with Gasteiger partial charge in [0.15, 0.2) is 5.71 Å². The predicted octanol–water partition coefficient (Wildman–Crippen LogP) is 2.16. The molecule has 0 aromatic heterocycles. The van der Waals surface area contributed by atoms with Crippen molar-refractivity contribution in [3.63, 3.8) is 0 Å². The molecule has 0 radical (unpaired) electrons. The second-order valence-corrected chi connectivity index (χ2v) is 6.42. The lowest BCUT2D eigenvalue weighted by Crippen LogP contribution is -2.46. The maximum atomic E-state index is 11.6. The summed E-state index contributed by atoms with van der Waals surface area (Å²) < 4.78 is 10.4. The minimum atomic E-state index is -0.391. The molecule has 2 aliphatic heterocycles.